The lowest BCUT2D eigenvalue weighted by Gasteiger charge is -2.19. The number of amides is 1. The number of carbonyl (C=O) groups excluding carboxylic acids is 1. The zero-order valence-corrected chi connectivity index (χ0v) is 8.92. The number of anilines is 1. The van der Waals surface area contributed by atoms with E-state index < -0.39 is 5.91 Å². The van der Waals surface area contributed by atoms with Crippen molar-refractivity contribution >= 4 is 17.6 Å². The molecule has 0 unspecified atom stereocenters. The second-order valence-electron chi connectivity index (χ2n) is 3.35. The number of H-pyrrole nitrogens is 1. The smallest absolute Gasteiger partial charge is 0.268 e. The van der Waals surface area contributed by atoms with Crippen molar-refractivity contribution in [2.45, 2.75) is 0 Å². The van der Waals surface area contributed by atoms with Gasteiger partial charge in [0.15, 0.2) is 5.96 Å². The lowest BCUT2D eigenvalue weighted by atomic mass is 10.2. The van der Waals surface area contributed by atoms with Crippen LogP contribution in [0.3, 0.4) is 0 Å². The number of aromatic amines is 1. The number of hydrogen-bond acceptors (Lipinski definition) is 3. The van der Waals surface area contributed by atoms with Crippen LogP contribution in [0.25, 0.3) is 0 Å². The zero-order valence-electron chi connectivity index (χ0n) is 8.92. The Labute approximate surface area is 97.6 Å². The standard InChI is InChI=1S/C11H11N5O/c12-11(13)16(9-4-2-1-3-5-9)10(17)8-6-14-15-7-8/h1-7H,(H3,12,13)(H,14,15). The summed E-state index contributed by atoms with van der Waals surface area (Å²) in [4.78, 5) is 13.2. The number of nitrogens with two attached hydrogens (primary N) is 1. The molecule has 0 spiro atoms. The van der Waals surface area contributed by atoms with E-state index in [0.29, 0.717) is 11.3 Å². The fourth-order valence-corrected chi connectivity index (χ4v) is 1.44. The topological polar surface area (TPSA) is 98.9 Å². The SMILES string of the molecule is N=C(N)N(C(=O)c1cn[nH]c1)c1ccccc1. The van der Waals surface area contributed by atoms with E-state index in [4.69, 9.17) is 11.1 Å². The first kappa shape index (κ1) is 10.9. The van der Waals surface area contributed by atoms with E-state index in [1.165, 1.54) is 12.4 Å². The number of para-hydroxylation sites is 1. The molecule has 6 heteroatoms. The van der Waals surface area contributed by atoms with Crippen LogP contribution in [0.5, 0.6) is 0 Å². The molecule has 1 heterocycles. The van der Waals surface area contributed by atoms with Crippen LogP contribution in [-0.4, -0.2) is 22.1 Å². The Bertz CT molecular complexity index is 520. The lowest BCUT2D eigenvalue weighted by Crippen LogP contribution is -2.41. The molecule has 0 aliphatic rings. The molecule has 2 aromatic rings. The molecule has 0 aliphatic heterocycles. The molecule has 0 atom stereocenters. The van der Waals surface area contributed by atoms with Gasteiger partial charge in [-0.25, -0.2) is 4.90 Å². The Morgan fingerprint density at radius 3 is 2.59 bits per heavy atom. The van der Waals surface area contributed by atoms with Gasteiger partial charge in [-0.05, 0) is 12.1 Å². The molecule has 1 aromatic heterocycles. The molecule has 0 bridgehead atoms. The highest BCUT2D eigenvalue weighted by atomic mass is 16.2. The van der Waals surface area contributed by atoms with Crippen LogP contribution < -0.4 is 10.6 Å². The van der Waals surface area contributed by atoms with Gasteiger partial charge in [0.1, 0.15) is 0 Å². The Kier molecular flexibility index (Phi) is 2.87. The number of aromatic nitrogens is 2. The van der Waals surface area contributed by atoms with Crippen LogP contribution in [0, 0.1) is 5.41 Å². The number of hydrogen-bond donors (Lipinski definition) is 3. The maximum atomic E-state index is 12.1. The molecule has 0 saturated carbocycles. The fourth-order valence-electron chi connectivity index (χ4n) is 1.44. The molecule has 6 nitrogen and oxygen atoms in total. The van der Waals surface area contributed by atoms with E-state index in [0.717, 1.165) is 4.90 Å². The van der Waals surface area contributed by atoms with Crippen LogP contribution in [0.1, 0.15) is 10.4 Å². The predicted octanol–water partition coefficient (Wildman–Crippen LogP) is 0.950. The summed E-state index contributed by atoms with van der Waals surface area (Å²) in [6.45, 7) is 0. The molecule has 2 rings (SSSR count). The summed E-state index contributed by atoms with van der Waals surface area (Å²) in [6, 6.07) is 8.78. The van der Waals surface area contributed by atoms with Crippen molar-refractivity contribution in [3.05, 3.63) is 48.3 Å². The van der Waals surface area contributed by atoms with Crippen LogP contribution in [0.4, 0.5) is 5.69 Å². The molecule has 17 heavy (non-hydrogen) atoms. The van der Waals surface area contributed by atoms with Gasteiger partial charge in [0.2, 0.25) is 0 Å². The number of guanidine groups is 1. The monoisotopic (exact) mass is 229 g/mol. The molecule has 1 amide bonds. The molecule has 86 valence electrons. The minimum Gasteiger partial charge on any atom is -0.369 e. The van der Waals surface area contributed by atoms with Crippen LogP contribution >= 0.6 is 0 Å². The Morgan fingerprint density at radius 2 is 2.06 bits per heavy atom. The molecule has 0 fully saturated rings. The number of carbonyl (C=O) groups is 1. The Balaban J connectivity index is 2.37. The number of rotatable bonds is 2. The molecule has 4 N–H and O–H groups in total. The highest BCUT2D eigenvalue weighted by Crippen LogP contribution is 2.15. The van der Waals surface area contributed by atoms with Crippen molar-refractivity contribution in [2.75, 3.05) is 4.90 Å². The summed E-state index contributed by atoms with van der Waals surface area (Å²) in [6.07, 6.45) is 2.85. The summed E-state index contributed by atoms with van der Waals surface area (Å²) >= 11 is 0. The Hall–Kier alpha value is -2.63. The summed E-state index contributed by atoms with van der Waals surface area (Å²) in [7, 11) is 0. The highest BCUT2D eigenvalue weighted by molar-refractivity contribution is 6.20. The molecular formula is C11H11N5O. The minimum absolute atomic E-state index is 0.331. The van der Waals surface area contributed by atoms with Gasteiger partial charge >= 0.3 is 0 Å². The van der Waals surface area contributed by atoms with Crippen LogP contribution in [0.2, 0.25) is 0 Å². The molecule has 0 saturated heterocycles. The van der Waals surface area contributed by atoms with E-state index >= 15 is 0 Å². The minimum atomic E-state index is -0.391. The van der Waals surface area contributed by atoms with E-state index in [1.54, 1.807) is 24.3 Å². The van der Waals surface area contributed by atoms with Crippen molar-refractivity contribution in [3.63, 3.8) is 0 Å². The van der Waals surface area contributed by atoms with Crippen molar-refractivity contribution in [3.8, 4) is 0 Å². The van der Waals surface area contributed by atoms with Crippen molar-refractivity contribution < 1.29 is 4.79 Å². The second kappa shape index (κ2) is 4.48. The average molecular weight is 229 g/mol. The third kappa shape index (κ3) is 2.15. The first-order valence-corrected chi connectivity index (χ1v) is 4.92. The molecular weight excluding hydrogens is 218 g/mol. The van der Waals surface area contributed by atoms with Gasteiger partial charge in [-0.3, -0.25) is 15.3 Å². The maximum absolute atomic E-state index is 12.1. The van der Waals surface area contributed by atoms with Gasteiger partial charge in [0.25, 0.3) is 5.91 Å². The predicted molar refractivity (Wildman–Crippen MR) is 63.8 cm³/mol. The summed E-state index contributed by atoms with van der Waals surface area (Å²) < 4.78 is 0. The van der Waals surface area contributed by atoms with E-state index in [9.17, 15) is 4.79 Å². The van der Waals surface area contributed by atoms with E-state index in [2.05, 4.69) is 10.2 Å². The number of benzene rings is 1. The summed E-state index contributed by atoms with van der Waals surface area (Å²) in [5.41, 5.74) is 6.33. The average Bonchev–Trinajstić information content (AvgIpc) is 2.83. The van der Waals surface area contributed by atoms with Gasteiger partial charge in [-0.1, -0.05) is 18.2 Å². The first-order valence-electron chi connectivity index (χ1n) is 4.92. The third-order valence-electron chi connectivity index (χ3n) is 2.20. The first-order chi connectivity index (χ1) is 8.20. The van der Waals surface area contributed by atoms with Crippen LogP contribution in [0.15, 0.2) is 42.7 Å². The van der Waals surface area contributed by atoms with E-state index in [1.807, 2.05) is 6.07 Å². The van der Waals surface area contributed by atoms with Gasteiger partial charge < -0.3 is 5.73 Å². The van der Waals surface area contributed by atoms with Gasteiger partial charge in [-0.2, -0.15) is 5.10 Å². The van der Waals surface area contributed by atoms with Crippen molar-refractivity contribution in [1.29, 1.82) is 5.41 Å². The normalized spacial score (nSPS) is 9.88. The number of nitrogens with zero attached hydrogens (tertiary/aromatic N) is 2. The lowest BCUT2D eigenvalue weighted by molar-refractivity contribution is 0.100. The molecule has 1 aromatic carbocycles. The fraction of sp³-hybridized carbons (Fsp3) is 0. The largest absolute Gasteiger partial charge is 0.369 e. The maximum Gasteiger partial charge on any atom is 0.268 e. The van der Waals surface area contributed by atoms with Gasteiger partial charge in [0.05, 0.1) is 17.4 Å². The summed E-state index contributed by atoms with van der Waals surface area (Å²) in [5.74, 6) is -0.722. The van der Waals surface area contributed by atoms with Crippen LogP contribution in [-0.2, 0) is 0 Å². The van der Waals surface area contributed by atoms with Crippen molar-refractivity contribution in [1.82, 2.24) is 10.2 Å². The third-order valence-corrected chi connectivity index (χ3v) is 2.20. The molecule has 0 radical (unpaired) electrons. The van der Waals surface area contributed by atoms with Crippen molar-refractivity contribution in [2.24, 2.45) is 5.73 Å². The zero-order chi connectivity index (χ0) is 12.3. The van der Waals surface area contributed by atoms with E-state index in [-0.39, 0.29) is 5.96 Å². The summed E-state index contributed by atoms with van der Waals surface area (Å²) in [5, 5.41) is 13.7. The number of nitrogens with one attached hydrogen (secondary N) is 2. The van der Waals surface area contributed by atoms with Gasteiger partial charge in [0, 0.05) is 6.20 Å². The quantitative estimate of drug-likeness (QED) is 0.528. The second-order valence-corrected chi connectivity index (χ2v) is 3.35. The molecule has 0 aliphatic carbocycles. The Morgan fingerprint density at radius 1 is 1.35 bits per heavy atom. The highest BCUT2D eigenvalue weighted by Gasteiger charge is 2.20. The van der Waals surface area contributed by atoms with Gasteiger partial charge in [-0.15, -0.1) is 0 Å².